The summed E-state index contributed by atoms with van der Waals surface area (Å²) in [4.78, 5) is 0. The molecule has 0 bridgehead atoms. The van der Waals surface area contributed by atoms with Crippen LogP contribution in [0.2, 0.25) is 0 Å². The highest BCUT2D eigenvalue weighted by molar-refractivity contribution is 6.39. The van der Waals surface area contributed by atoms with E-state index in [0.717, 1.165) is 38.8 Å². The molecule has 3 nitrogen and oxygen atoms in total. The summed E-state index contributed by atoms with van der Waals surface area (Å²) in [5.74, 6) is 0. The predicted octanol–water partition coefficient (Wildman–Crippen LogP) is 12.1. The number of fused-ring (bicyclic) bond motifs is 15. The summed E-state index contributed by atoms with van der Waals surface area (Å²) < 4.78 is 11.9. The Morgan fingerprint density at radius 1 is 0.458 bits per heavy atom. The molecule has 0 fully saturated rings. The first-order valence-corrected chi connectivity index (χ1v) is 16.7. The Balaban J connectivity index is 1.39. The van der Waals surface area contributed by atoms with Gasteiger partial charge in [-0.2, -0.15) is 0 Å². The second-order valence-corrected chi connectivity index (χ2v) is 13.7. The lowest BCUT2D eigenvalue weighted by Crippen LogP contribution is -2.15. The van der Waals surface area contributed by atoms with Gasteiger partial charge in [-0.1, -0.05) is 117 Å². The smallest absolute Gasteiger partial charge is 0.162 e. The molecule has 0 atom stereocenters. The number of aromatic nitrogens is 2. The van der Waals surface area contributed by atoms with E-state index in [2.05, 4.69) is 169 Å². The van der Waals surface area contributed by atoms with Gasteiger partial charge < -0.3 is 13.6 Å². The van der Waals surface area contributed by atoms with Gasteiger partial charge in [0.25, 0.3) is 0 Å². The molecular formula is C45H30N2O. The lowest BCUT2D eigenvalue weighted by molar-refractivity contribution is 0.660. The molecule has 0 spiro atoms. The number of nitrogens with zero attached hydrogens (tertiary/aromatic N) is 2. The Hall–Kier alpha value is -6.06. The van der Waals surface area contributed by atoms with Crippen LogP contribution in [0, 0.1) is 0 Å². The first-order valence-electron chi connectivity index (χ1n) is 16.7. The molecule has 226 valence electrons. The van der Waals surface area contributed by atoms with Crippen molar-refractivity contribution in [3.63, 3.8) is 0 Å². The molecule has 11 rings (SSSR count). The summed E-state index contributed by atoms with van der Waals surface area (Å²) in [6.07, 6.45) is 0. The van der Waals surface area contributed by atoms with E-state index >= 15 is 0 Å². The monoisotopic (exact) mass is 614 g/mol. The highest BCUT2D eigenvalue weighted by atomic mass is 16.3. The summed E-state index contributed by atoms with van der Waals surface area (Å²) in [6.45, 7) is 4.71. The highest BCUT2D eigenvalue weighted by Gasteiger charge is 2.36. The van der Waals surface area contributed by atoms with Crippen molar-refractivity contribution < 1.29 is 4.42 Å². The Bertz CT molecular complexity index is 2970. The molecule has 0 amide bonds. The van der Waals surface area contributed by atoms with Crippen LogP contribution in [0.5, 0.6) is 0 Å². The maximum Gasteiger partial charge on any atom is 0.162 e. The predicted molar refractivity (Wildman–Crippen MR) is 200 cm³/mol. The van der Waals surface area contributed by atoms with Crippen molar-refractivity contribution >= 4 is 65.6 Å². The van der Waals surface area contributed by atoms with Crippen LogP contribution in [0.3, 0.4) is 0 Å². The van der Waals surface area contributed by atoms with E-state index in [1.54, 1.807) is 0 Å². The Kier molecular flexibility index (Phi) is 4.91. The quantitative estimate of drug-likeness (QED) is 0.190. The third-order valence-electron chi connectivity index (χ3n) is 10.9. The molecule has 0 radical (unpaired) electrons. The van der Waals surface area contributed by atoms with Gasteiger partial charge in [0.15, 0.2) is 5.58 Å². The summed E-state index contributed by atoms with van der Waals surface area (Å²) in [6, 6.07) is 52.9. The zero-order valence-electron chi connectivity index (χ0n) is 26.7. The molecule has 10 aromatic rings. The van der Waals surface area contributed by atoms with Gasteiger partial charge in [-0.15, -0.1) is 0 Å². The van der Waals surface area contributed by atoms with E-state index < -0.39 is 0 Å². The fraction of sp³-hybridized carbons (Fsp3) is 0.0667. The molecule has 0 aliphatic heterocycles. The Morgan fingerprint density at radius 3 is 1.81 bits per heavy atom. The number of benzene rings is 7. The van der Waals surface area contributed by atoms with E-state index in [0.29, 0.717) is 0 Å². The van der Waals surface area contributed by atoms with Gasteiger partial charge in [-0.25, -0.2) is 0 Å². The van der Waals surface area contributed by atoms with Crippen molar-refractivity contribution in [2.45, 2.75) is 19.3 Å². The summed E-state index contributed by atoms with van der Waals surface area (Å²) >= 11 is 0. The van der Waals surface area contributed by atoms with Crippen molar-refractivity contribution in [1.82, 2.24) is 9.13 Å². The molecule has 3 heterocycles. The number of furan rings is 1. The van der Waals surface area contributed by atoms with Gasteiger partial charge >= 0.3 is 0 Å². The average Bonchev–Trinajstić information content (AvgIpc) is 3.84. The third-order valence-corrected chi connectivity index (χ3v) is 10.9. The summed E-state index contributed by atoms with van der Waals surface area (Å²) in [5, 5.41) is 7.21. The van der Waals surface area contributed by atoms with Crippen LogP contribution in [0.25, 0.3) is 88.1 Å². The minimum Gasteiger partial charge on any atom is -0.454 e. The van der Waals surface area contributed by atoms with Crippen LogP contribution in [-0.2, 0) is 5.41 Å². The molecule has 1 aliphatic carbocycles. The van der Waals surface area contributed by atoms with Gasteiger partial charge in [-0.3, -0.25) is 0 Å². The van der Waals surface area contributed by atoms with E-state index in [-0.39, 0.29) is 5.41 Å². The molecule has 48 heavy (non-hydrogen) atoms. The van der Waals surface area contributed by atoms with Crippen molar-refractivity contribution in [2.75, 3.05) is 0 Å². The standard InChI is InChI=1S/C45H30N2O/c1-45(2)34-20-10-6-16-29(34)30-25-24-28(26-35(30)45)47-37-22-12-8-18-32(37)40-39-31-17-7-11-21-36(31)46(27-14-4-3-5-15-27)42(39)41-33-19-9-13-23-38(33)48-44(41)43(40)47/h3-26H,1-2H3. The first-order chi connectivity index (χ1) is 23.6. The molecule has 3 aromatic heterocycles. The zero-order valence-corrected chi connectivity index (χ0v) is 26.7. The van der Waals surface area contributed by atoms with Crippen LogP contribution < -0.4 is 0 Å². The fourth-order valence-corrected chi connectivity index (χ4v) is 8.83. The molecule has 0 saturated heterocycles. The second kappa shape index (κ2) is 9.05. The van der Waals surface area contributed by atoms with Crippen LogP contribution in [-0.4, -0.2) is 9.13 Å². The van der Waals surface area contributed by atoms with Crippen LogP contribution in [0.15, 0.2) is 150 Å². The maximum atomic E-state index is 7.00. The summed E-state index contributed by atoms with van der Waals surface area (Å²) in [5.41, 5.74) is 14.0. The first kappa shape index (κ1) is 26.1. The Labute approximate surface area is 276 Å². The largest absolute Gasteiger partial charge is 0.454 e. The van der Waals surface area contributed by atoms with E-state index in [4.69, 9.17) is 4.42 Å². The van der Waals surface area contributed by atoms with Crippen LogP contribution in [0.4, 0.5) is 0 Å². The van der Waals surface area contributed by atoms with Gasteiger partial charge in [0.1, 0.15) is 5.58 Å². The van der Waals surface area contributed by atoms with E-state index in [1.807, 2.05) is 0 Å². The van der Waals surface area contributed by atoms with Gasteiger partial charge in [0.05, 0.1) is 27.5 Å². The number of para-hydroxylation sites is 4. The van der Waals surface area contributed by atoms with Gasteiger partial charge in [0.2, 0.25) is 0 Å². The molecule has 0 unspecified atom stereocenters. The van der Waals surface area contributed by atoms with Crippen molar-refractivity contribution in [3.8, 4) is 22.5 Å². The minimum absolute atomic E-state index is 0.105. The summed E-state index contributed by atoms with van der Waals surface area (Å²) in [7, 11) is 0. The van der Waals surface area contributed by atoms with Crippen molar-refractivity contribution in [3.05, 3.63) is 157 Å². The lowest BCUT2D eigenvalue weighted by Gasteiger charge is -2.22. The van der Waals surface area contributed by atoms with Gasteiger partial charge in [-0.05, 0) is 64.7 Å². The lowest BCUT2D eigenvalue weighted by atomic mass is 9.82. The minimum atomic E-state index is -0.105. The Morgan fingerprint density at radius 2 is 1.04 bits per heavy atom. The van der Waals surface area contributed by atoms with E-state index in [9.17, 15) is 0 Å². The molecular weight excluding hydrogens is 585 g/mol. The van der Waals surface area contributed by atoms with Crippen LogP contribution >= 0.6 is 0 Å². The maximum absolute atomic E-state index is 7.00. The normalized spacial score (nSPS) is 13.8. The highest BCUT2D eigenvalue weighted by Crippen LogP contribution is 2.52. The average molecular weight is 615 g/mol. The topological polar surface area (TPSA) is 23.0 Å². The second-order valence-electron chi connectivity index (χ2n) is 13.7. The van der Waals surface area contributed by atoms with Crippen molar-refractivity contribution in [2.24, 2.45) is 0 Å². The van der Waals surface area contributed by atoms with Gasteiger partial charge in [0, 0.05) is 43.7 Å². The van der Waals surface area contributed by atoms with Crippen LogP contribution in [0.1, 0.15) is 25.0 Å². The SMILES string of the molecule is CC1(C)c2ccccc2-c2ccc(-n3c4ccccc4c4c5c6ccccc6n(-c6ccccc6)c5c5c6ccccc6oc5c43)cc21. The number of hydrogen-bond donors (Lipinski definition) is 0. The fourth-order valence-electron chi connectivity index (χ4n) is 8.83. The molecule has 3 heteroatoms. The zero-order chi connectivity index (χ0) is 31.7. The third kappa shape index (κ3) is 3.14. The van der Waals surface area contributed by atoms with Crippen molar-refractivity contribution in [1.29, 1.82) is 0 Å². The number of rotatable bonds is 2. The number of hydrogen-bond acceptors (Lipinski definition) is 1. The molecule has 0 N–H and O–H groups in total. The van der Waals surface area contributed by atoms with E-state index in [1.165, 1.54) is 60.3 Å². The molecule has 7 aromatic carbocycles. The molecule has 0 saturated carbocycles. The molecule has 1 aliphatic rings.